The fourth-order valence-electron chi connectivity index (χ4n) is 1.80. The molecule has 1 aromatic rings. The van der Waals surface area contributed by atoms with Crippen LogP contribution in [0.1, 0.15) is 44.0 Å². The largest absolute Gasteiger partial charge is 0.390 e. The maximum absolute atomic E-state index is 9.17. The third kappa shape index (κ3) is 2.56. The second kappa shape index (κ2) is 4.75. The fraction of sp³-hybridized carbons (Fsp3) is 0.818. The first-order valence-corrected chi connectivity index (χ1v) is 5.87. The second-order valence-electron chi connectivity index (χ2n) is 4.37. The van der Waals surface area contributed by atoms with Gasteiger partial charge in [0.2, 0.25) is 0 Å². The van der Waals surface area contributed by atoms with Crippen LogP contribution in [0.15, 0.2) is 0 Å². The van der Waals surface area contributed by atoms with E-state index in [1.54, 1.807) is 0 Å². The monoisotopic (exact) mass is 209 g/mol. The molecule has 1 aromatic heterocycles. The average Bonchev–Trinajstić information content (AvgIpc) is 2.97. The van der Waals surface area contributed by atoms with Crippen molar-refractivity contribution in [2.24, 2.45) is 5.92 Å². The van der Waals surface area contributed by atoms with Crippen molar-refractivity contribution in [1.82, 2.24) is 15.0 Å². The van der Waals surface area contributed by atoms with Crippen LogP contribution in [-0.4, -0.2) is 20.1 Å². The van der Waals surface area contributed by atoms with Gasteiger partial charge < -0.3 is 5.11 Å². The summed E-state index contributed by atoms with van der Waals surface area (Å²) in [5, 5.41) is 17.3. The third-order valence-electron chi connectivity index (χ3n) is 2.97. The Hall–Kier alpha value is -0.900. The molecule has 0 unspecified atom stereocenters. The van der Waals surface area contributed by atoms with Crippen molar-refractivity contribution in [3.8, 4) is 0 Å². The minimum Gasteiger partial charge on any atom is -0.390 e. The van der Waals surface area contributed by atoms with E-state index in [1.165, 1.54) is 12.8 Å². The Morgan fingerprint density at radius 1 is 1.47 bits per heavy atom. The minimum atomic E-state index is 0.0220. The third-order valence-corrected chi connectivity index (χ3v) is 2.97. The molecule has 4 nitrogen and oxygen atoms in total. The quantitative estimate of drug-likeness (QED) is 0.773. The van der Waals surface area contributed by atoms with Gasteiger partial charge in [0.05, 0.1) is 12.3 Å². The van der Waals surface area contributed by atoms with Gasteiger partial charge in [0.25, 0.3) is 0 Å². The van der Waals surface area contributed by atoms with Crippen LogP contribution in [-0.2, 0) is 19.6 Å². The van der Waals surface area contributed by atoms with Crippen molar-refractivity contribution in [2.75, 3.05) is 0 Å². The molecule has 0 saturated heterocycles. The second-order valence-corrected chi connectivity index (χ2v) is 4.37. The number of hydrogen-bond acceptors (Lipinski definition) is 3. The number of rotatable bonds is 6. The van der Waals surface area contributed by atoms with Gasteiger partial charge in [-0.1, -0.05) is 18.6 Å². The highest BCUT2D eigenvalue weighted by atomic mass is 16.3. The highest BCUT2D eigenvalue weighted by Gasteiger charge is 2.25. The molecule has 0 aromatic carbocycles. The first-order chi connectivity index (χ1) is 7.35. The van der Waals surface area contributed by atoms with Gasteiger partial charge in [0.15, 0.2) is 0 Å². The first-order valence-electron chi connectivity index (χ1n) is 5.87. The van der Waals surface area contributed by atoms with Crippen LogP contribution in [0.3, 0.4) is 0 Å². The van der Waals surface area contributed by atoms with Crippen molar-refractivity contribution >= 4 is 0 Å². The number of aliphatic hydroxyl groups is 1. The smallest absolute Gasteiger partial charge is 0.111 e. The minimum absolute atomic E-state index is 0.0220. The van der Waals surface area contributed by atoms with Gasteiger partial charge in [-0.25, -0.2) is 4.68 Å². The molecule has 15 heavy (non-hydrogen) atoms. The molecule has 0 atom stereocenters. The number of aromatic nitrogens is 3. The van der Waals surface area contributed by atoms with E-state index in [0.29, 0.717) is 0 Å². The van der Waals surface area contributed by atoms with Crippen LogP contribution in [0, 0.1) is 5.92 Å². The molecule has 0 amide bonds. The lowest BCUT2D eigenvalue weighted by molar-refractivity contribution is 0.275. The van der Waals surface area contributed by atoms with Gasteiger partial charge in [0.1, 0.15) is 5.69 Å². The molecule has 1 heterocycles. The predicted octanol–water partition coefficient (Wildman–Crippen LogP) is 1.52. The summed E-state index contributed by atoms with van der Waals surface area (Å²) in [7, 11) is 0. The predicted molar refractivity (Wildman–Crippen MR) is 57.3 cm³/mol. The molecule has 84 valence electrons. The standard InChI is InChI=1S/C11H19N3O/c1-2-3-6-14-11(7-9-4-5-9)10(8-15)12-13-14/h9,15H,2-8H2,1H3. The maximum atomic E-state index is 9.17. The van der Waals surface area contributed by atoms with Crippen molar-refractivity contribution in [3.05, 3.63) is 11.4 Å². The Balaban J connectivity index is 2.08. The maximum Gasteiger partial charge on any atom is 0.111 e. The van der Waals surface area contributed by atoms with Crippen LogP contribution in [0.25, 0.3) is 0 Å². The number of hydrogen-bond donors (Lipinski definition) is 1. The molecule has 2 rings (SSSR count). The highest BCUT2D eigenvalue weighted by molar-refractivity contribution is 5.11. The van der Waals surface area contributed by atoms with Gasteiger partial charge in [-0.15, -0.1) is 5.10 Å². The molecule has 4 heteroatoms. The zero-order valence-electron chi connectivity index (χ0n) is 9.32. The van der Waals surface area contributed by atoms with E-state index in [9.17, 15) is 5.11 Å². The Bertz CT molecular complexity index is 318. The van der Waals surface area contributed by atoms with E-state index in [-0.39, 0.29) is 6.61 Å². The van der Waals surface area contributed by atoms with Gasteiger partial charge in [-0.3, -0.25) is 0 Å². The van der Waals surface area contributed by atoms with Crippen molar-refractivity contribution in [1.29, 1.82) is 0 Å². The summed E-state index contributed by atoms with van der Waals surface area (Å²) < 4.78 is 1.98. The Morgan fingerprint density at radius 3 is 2.87 bits per heavy atom. The molecular weight excluding hydrogens is 190 g/mol. The molecule has 1 fully saturated rings. The molecular formula is C11H19N3O. The molecule has 0 bridgehead atoms. The van der Waals surface area contributed by atoms with E-state index >= 15 is 0 Å². The molecule has 1 saturated carbocycles. The van der Waals surface area contributed by atoms with Crippen LogP contribution in [0.2, 0.25) is 0 Å². The van der Waals surface area contributed by atoms with E-state index < -0.39 is 0 Å². The van der Waals surface area contributed by atoms with Crippen LogP contribution in [0.5, 0.6) is 0 Å². The molecule has 1 aliphatic carbocycles. The average molecular weight is 209 g/mol. The summed E-state index contributed by atoms with van der Waals surface area (Å²) in [5.41, 5.74) is 1.94. The lowest BCUT2D eigenvalue weighted by Crippen LogP contribution is -2.07. The highest BCUT2D eigenvalue weighted by Crippen LogP contribution is 2.33. The summed E-state index contributed by atoms with van der Waals surface area (Å²) in [6.07, 6.45) is 5.99. The van der Waals surface area contributed by atoms with Crippen molar-refractivity contribution in [2.45, 2.75) is 52.2 Å². The Labute approximate surface area is 90.3 Å². The number of unbranched alkanes of at least 4 members (excludes halogenated alkanes) is 1. The molecule has 1 N–H and O–H groups in total. The molecule has 0 spiro atoms. The molecule has 0 radical (unpaired) electrons. The van der Waals surface area contributed by atoms with E-state index in [4.69, 9.17) is 0 Å². The Kier molecular flexibility index (Phi) is 3.36. The lowest BCUT2D eigenvalue weighted by Gasteiger charge is -2.05. The lowest BCUT2D eigenvalue weighted by atomic mass is 10.2. The van der Waals surface area contributed by atoms with Gasteiger partial charge in [-0.2, -0.15) is 0 Å². The van der Waals surface area contributed by atoms with Crippen LogP contribution < -0.4 is 0 Å². The number of aliphatic hydroxyl groups excluding tert-OH is 1. The van der Waals surface area contributed by atoms with Gasteiger partial charge >= 0.3 is 0 Å². The molecule has 0 aliphatic heterocycles. The summed E-state index contributed by atoms with van der Waals surface area (Å²) in [4.78, 5) is 0. The normalized spacial score (nSPS) is 15.9. The fourth-order valence-corrected chi connectivity index (χ4v) is 1.80. The summed E-state index contributed by atoms with van der Waals surface area (Å²) in [5.74, 6) is 0.814. The zero-order valence-corrected chi connectivity index (χ0v) is 9.32. The van der Waals surface area contributed by atoms with Crippen LogP contribution >= 0.6 is 0 Å². The summed E-state index contributed by atoms with van der Waals surface area (Å²) >= 11 is 0. The van der Waals surface area contributed by atoms with E-state index in [2.05, 4.69) is 17.2 Å². The summed E-state index contributed by atoms with van der Waals surface area (Å²) in [6, 6.07) is 0. The van der Waals surface area contributed by atoms with Crippen LogP contribution in [0.4, 0.5) is 0 Å². The van der Waals surface area contributed by atoms with E-state index in [1.807, 2.05) is 4.68 Å². The molecule has 1 aliphatic rings. The van der Waals surface area contributed by atoms with Gasteiger partial charge in [-0.05, 0) is 31.6 Å². The summed E-state index contributed by atoms with van der Waals surface area (Å²) in [6.45, 7) is 3.13. The topological polar surface area (TPSA) is 50.9 Å². The Morgan fingerprint density at radius 2 is 2.27 bits per heavy atom. The SMILES string of the molecule is CCCCn1nnc(CO)c1CC1CC1. The first kappa shape index (κ1) is 10.6. The van der Waals surface area contributed by atoms with Gasteiger partial charge in [0, 0.05) is 6.54 Å². The zero-order chi connectivity index (χ0) is 10.7. The van der Waals surface area contributed by atoms with Crippen molar-refractivity contribution < 1.29 is 5.11 Å². The van der Waals surface area contributed by atoms with E-state index in [0.717, 1.165) is 43.1 Å². The number of nitrogens with zero attached hydrogens (tertiary/aromatic N) is 3. The number of aryl methyl sites for hydroxylation is 1. The van der Waals surface area contributed by atoms with Crippen molar-refractivity contribution in [3.63, 3.8) is 0 Å².